The lowest BCUT2D eigenvalue weighted by Crippen LogP contribution is -2.49. The molecule has 0 aromatic heterocycles. The van der Waals surface area contributed by atoms with Crippen molar-refractivity contribution in [2.75, 3.05) is 11.5 Å². The molecule has 0 fully saturated rings. The third-order valence-electron chi connectivity index (χ3n) is 4.47. The second kappa shape index (κ2) is 9.16. The van der Waals surface area contributed by atoms with Gasteiger partial charge in [0.15, 0.2) is 12.4 Å². The molecule has 2 N–H and O–H groups in total. The summed E-state index contributed by atoms with van der Waals surface area (Å²) in [5, 5.41) is 1.01. The number of halogens is 2. The molecule has 7 nitrogen and oxygen atoms in total. The highest BCUT2D eigenvalue weighted by atomic mass is 35.5. The number of nitrogens with zero attached hydrogens (tertiary/aromatic N) is 1. The molecule has 0 unspecified atom stereocenters. The Hall–Kier alpha value is -3.42. The van der Waals surface area contributed by atoms with Crippen LogP contribution in [0.15, 0.2) is 66.7 Å². The molecule has 9 heteroatoms. The van der Waals surface area contributed by atoms with Crippen LogP contribution in [0.25, 0.3) is 0 Å². The van der Waals surface area contributed by atoms with Crippen LogP contribution in [-0.2, 0) is 11.3 Å². The first kappa shape index (κ1) is 20.8. The van der Waals surface area contributed by atoms with Crippen molar-refractivity contribution in [2.45, 2.75) is 6.54 Å². The molecule has 3 aromatic rings. The van der Waals surface area contributed by atoms with E-state index in [1.165, 1.54) is 4.90 Å². The van der Waals surface area contributed by atoms with Crippen molar-refractivity contribution in [2.24, 2.45) is 0 Å². The summed E-state index contributed by atoms with van der Waals surface area (Å²) >= 11 is 12.0. The molecule has 3 amide bonds. The first-order valence-electron chi connectivity index (χ1n) is 9.29. The Morgan fingerprint density at radius 3 is 2.48 bits per heavy atom. The van der Waals surface area contributed by atoms with Gasteiger partial charge in [-0.05, 0) is 48.5 Å². The molecule has 4 rings (SSSR count). The van der Waals surface area contributed by atoms with E-state index >= 15 is 0 Å². The molecular formula is C22H17Cl2N3O4. The molecule has 0 radical (unpaired) electrons. The molecule has 1 heterocycles. The fraction of sp³-hybridized carbons (Fsp3) is 0.0909. The quantitative estimate of drug-likeness (QED) is 0.546. The summed E-state index contributed by atoms with van der Waals surface area (Å²) in [6.45, 7) is -0.0528. The number of ether oxygens (including phenoxy) is 2. The first-order valence-corrected chi connectivity index (χ1v) is 10.1. The maximum atomic E-state index is 12.9. The van der Waals surface area contributed by atoms with Gasteiger partial charge in [-0.25, -0.2) is 10.2 Å². The summed E-state index contributed by atoms with van der Waals surface area (Å²) in [4.78, 5) is 26.4. The number of hydrogen-bond acceptors (Lipinski definition) is 4. The smallest absolute Gasteiger partial charge is 0.341 e. The van der Waals surface area contributed by atoms with Gasteiger partial charge in [0.05, 0.1) is 12.2 Å². The minimum atomic E-state index is -0.552. The van der Waals surface area contributed by atoms with Crippen LogP contribution in [0.4, 0.5) is 10.5 Å². The van der Waals surface area contributed by atoms with Crippen LogP contribution < -0.4 is 25.2 Å². The van der Waals surface area contributed by atoms with Gasteiger partial charge in [-0.3, -0.25) is 15.1 Å². The number of anilines is 1. The minimum absolute atomic E-state index is 0.229. The Bertz CT molecular complexity index is 1120. The highest BCUT2D eigenvalue weighted by Crippen LogP contribution is 2.40. The zero-order valence-electron chi connectivity index (χ0n) is 16.1. The molecule has 1 aliphatic rings. The molecule has 0 aliphatic carbocycles. The second-order valence-electron chi connectivity index (χ2n) is 6.63. The number of amides is 3. The third kappa shape index (κ3) is 5.02. The number of carbonyl (C=O) groups is 2. The summed E-state index contributed by atoms with van der Waals surface area (Å²) in [6.07, 6.45) is 0. The fourth-order valence-electron chi connectivity index (χ4n) is 2.98. The van der Waals surface area contributed by atoms with Crippen LogP contribution in [-0.4, -0.2) is 18.5 Å². The van der Waals surface area contributed by atoms with E-state index in [1.54, 1.807) is 42.5 Å². The molecule has 0 atom stereocenters. The number of hydrogen-bond donors (Lipinski definition) is 2. The Kier molecular flexibility index (Phi) is 6.16. The molecular weight excluding hydrogens is 441 g/mol. The van der Waals surface area contributed by atoms with Gasteiger partial charge in [-0.2, -0.15) is 0 Å². The molecule has 0 saturated carbocycles. The predicted octanol–water partition coefficient (Wildman–Crippen LogP) is 4.93. The summed E-state index contributed by atoms with van der Waals surface area (Å²) in [5.74, 6) is 1.07. The lowest BCUT2D eigenvalue weighted by molar-refractivity contribution is -0.123. The molecule has 158 valence electrons. The van der Waals surface area contributed by atoms with Crippen molar-refractivity contribution >= 4 is 40.8 Å². The van der Waals surface area contributed by atoms with Crippen LogP contribution in [0.3, 0.4) is 0 Å². The van der Waals surface area contributed by atoms with Crippen molar-refractivity contribution in [3.05, 3.63) is 82.3 Å². The molecule has 0 saturated heterocycles. The van der Waals surface area contributed by atoms with E-state index in [4.69, 9.17) is 32.7 Å². The SMILES string of the molecule is O=C(COc1ccc(Cl)cc1)NNC(=O)N1Cc2ccccc2Oc2ccc(Cl)cc21. The van der Waals surface area contributed by atoms with Crippen LogP contribution in [0, 0.1) is 0 Å². The van der Waals surface area contributed by atoms with E-state index in [0.717, 1.165) is 5.56 Å². The molecule has 3 aromatic carbocycles. The Labute approximate surface area is 188 Å². The third-order valence-corrected chi connectivity index (χ3v) is 4.96. The average Bonchev–Trinajstić information content (AvgIpc) is 2.93. The van der Waals surface area contributed by atoms with Crippen LogP contribution in [0.2, 0.25) is 10.0 Å². The van der Waals surface area contributed by atoms with Gasteiger partial charge in [-0.15, -0.1) is 0 Å². The molecule has 31 heavy (non-hydrogen) atoms. The molecule has 0 bridgehead atoms. The van der Waals surface area contributed by atoms with Gasteiger partial charge in [0.2, 0.25) is 0 Å². The largest absolute Gasteiger partial charge is 0.484 e. The lowest BCUT2D eigenvalue weighted by Gasteiger charge is -2.22. The minimum Gasteiger partial charge on any atom is -0.484 e. The Morgan fingerprint density at radius 2 is 1.68 bits per heavy atom. The highest BCUT2D eigenvalue weighted by molar-refractivity contribution is 6.31. The monoisotopic (exact) mass is 457 g/mol. The van der Waals surface area contributed by atoms with Gasteiger partial charge in [-0.1, -0.05) is 41.4 Å². The number of urea groups is 1. The first-order chi connectivity index (χ1) is 15.0. The van der Waals surface area contributed by atoms with Crippen molar-refractivity contribution < 1.29 is 19.1 Å². The number of hydrazine groups is 1. The maximum absolute atomic E-state index is 12.9. The number of nitrogens with one attached hydrogen (secondary N) is 2. The zero-order valence-corrected chi connectivity index (χ0v) is 17.6. The van der Waals surface area contributed by atoms with Crippen LogP contribution in [0.1, 0.15) is 5.56 Å². The lowest BCUT2D eigenvalue weighted by atomic mass is 10.2. The Morgan fingerprint density at radius 1 is 0.935 bits per heavy atom. The van der Waals surface area contributed by atoms with E-state index in [9.17, 15) is 9.59 Å². The van der Waals surface area contributed by atoms with E-state index in [0.29, 0.717) is 33.0 Å². The van der Waals surface area contributed by atoms with Gasteiger partial charge in [0, 0.05) is 15.6 Å². The van der Waals surface area contributed by atoms with E-state index in [1.807, 2.05) is 24.3 Å². The summed E-state index contributed by atoms with van der Waals surface area (Å²) in [6, 6.07) is 18.4. The van der Waals surface area contributed by atoms with Crippen LogP contribution in [0.5, 0.6) is 17.2 Å². The number of carbonyl (C=O) groups excluding carboxylic acids is 2. The van der Waals surface area contributed by atoms with Gasteiger partial charge in [0.25, 0.3) is 5.91 Å². The second-order valence-corrected chi connectivity index (χ2v) is 7.50. The molecule has 1 aliphatic heterocycles. The van der Waals surface area contributed by atoms with Gasteiger partial charge < -0.3 is 9.47 Å². The standard InChI is InChI=1S/C22H17Cl2N3O4/c23-15-5-8-17(9-6-15)30-13-21(28)25-26-22(29)27-12-14-3-1-2-4-19(14)31-20-10-7-16(24)11-18(20)27/h1-11H,12-13H2,(H,25,28)(H,26,29). The summed E-state index contributed by atoms with van der Waals surface area (Å²) < 4.78 is 11.3. The van der Waals surface area contributed by atoms with Crippen molar-refractivity contribution in [3.8, 4) is 17.2 Å². The average molecular weight is 458 g/mol. The molecule has 0 spiro atoms. The normalized spacial score (nSPS) is 12.0. The van der Waals surface area contributed by atoms with E-state index < -0.39 is 11.9 Å². The Balaban J connectivity index is 1.44. The van der Waals surface area contributed by atoms with Crippen LogP contribution >= 0.6 is 23.2 Å². The van der Waals surface area contributed by atoms with Crippen molar-refractivity contribution in [3.63, 3.8) is 0 Å². The topological polar surface area (TPSA) is 79.9 Å². The number of benzene rings is 3. The number of para-hydroxylation sites is 1. The predicted molar refractivity (Wildman–Crippen MR) is 118 cm³/mol. The number of fused-ring (bicyclic) bond motifs is 2. The fourth-order valence-corrected chi connectivity index (χ4v) is 3.28. The maximum Gasteiger partial charge on any atom is 0.341 e. The summed E-state index contributed by atoms with van der Waals surface area (Å²) in [7, 11) is 0. The number of rotatable bonds is 3. The zero-order chi connectivity index (χ0) is 21.8. The van der Waals surface area contributed by atoms with E-state index in [2.05, 4.69) is 10.9 Å². The highest BCUT2D eigenvalue weighted by Gasteiger charge is 2.26. The van der Waals surface area contributed by atoms with Crippen molar-refractivity contribution in [1.82, 2.24) is 10.9 Å². The van der Waals surface area contributed by atoms with Gasteiger partial charge in [0.1, 0.15) is 11.5 Å². The van der Waals surface area contributed by atoms with Gasteiger partial charge >= 0.3 is 6.03 Å². The summed E-state index contributed by atoms with van der Waals surface area (Å²) in [5.41, 5.74) is 6.04. The van der Waals surface area contributed by atoms with Crippen molar-refractivity contribution in [1.29, 1.82) is 0 Å². The van der Waals surface area contributed by atoms with E-state index in [-0.39, 0.29) is 13.2 Å².